The molecular weight excluding hydrogens is 276 g/mol. The summed E-state index contributed by atoms with van der Waals surface area (Å²) < 4.78 is 0.962. The monoisotopic (exact) mass is 286 g/mol. The van der Waals surface area contributed by atoms with E-state index in [0.29, 0.717) is 4.88 Å². The van der Waals surface area contributed by atoms with Crippen LogP contribution in [0.3, 0.4) is 0 Å². The lowest BCUT2D eigenvalue weighted by atomic mass is 10.3. The van der Waals surface area contributed by atoms with E-state index in [1.165, 1.54) is 16.2 Å². The van der Waals surface area contributed by atoms with Gasteiger partial charge in [-0.05, 0) is 41.4 Å². The number of hydrogen-bond donors (Lipinski definition) is 0. The molecule has 0 aliphatic heterocycles. The molecule has 1 aromatic rings. The van der Waals surface area contributed by atoms with Gasteiger partial charge in [-0.15, -0.1) is 11.3 Å². The zero-order valence-electron chi connectivity index (χ0n) is 8.74. The number of halogens is 1. The third kappa shape index (κ3) is 2.58. The summed E-state index contributed by atoms with van der Waals surface area (Å²) >= 11 is 4.77. The second kappa shape index (κ2) is 4.77. The Kier molecular flexibility index (Phi) is 3.89. The molecule has 0 saturated carbocycles. The highest BCUT2D eigenvalue weighted by atomic mass is 79.9. The summed E-state index contributed by atoms with van der Waals surface area (Å²) in [5, 5.41) is 8.71. The van der Waals surface area contributed by atoms with Gasteiger partial charge in [0.2, 0.25) is 0 Å². The van der Waals surface area contributed by atoms with Gasteiger partial charge in [-0.1, -0.05) is 0 Å². The third-order valence-electron chi connectivity index (χ3n) is 2.16. The molecular formula is C10H11BrN2OS. The first-order valence-corrected chi connectivity index (χ1v) is 6.01. The van der Waals surface area contributed by atoms with Gasteiger partial charge in [-0.3, -0.25) is 4.79 Å². The Bertz CT molecular complexity index is 402. The fraction of sp³-hybridized carbons (Fsp3) is 0.400. The molecule has 1 amide bonds. The van der Waals surface area contributed by atoms with Crippen LogP contribution in [-0.2, 0) is 0 Å². The maximum atomic E-state index is 11.9. The smallest absolute Gasteiger partial charge is 0.264 e. The number of rotatable bonds is 2. The normalized spacial score (nSPS) is 11.9. The highest BCUT2D eigenvalue weighted by Gasteiger charge is 2.19. The molecule has 80 valence electrons. The predicted octanol–water partition coefficient (Wildman–Crippen LogP) is 2.80. The Morgan fingerprint density at radius 2 is 2.33 bits per heavy atom. The molecule has 0 aliphatic rings. The molecule has 1 aromatic heterocycles. The lowest BCUT2D eigenvalue weighted by Gasteiger charge is -2.18. The molecule has 3 nitrogen and oxygen atoms in total. The quantitative estimate of drug-likeness (QED) is 0.839. The molecule has 15 heavy (non-hydrogen) atoms. The second-order valence-corrected chi connectivity index (χ2v) is 5.66. The zero-order chi connectivity index (χ0) is 11.6. The first kappa shape index (κ1) is 12.2. The molecule has 0 saturated heterocycles. The molecule has 0 bridgehead atoms. The average Bonchev–Trinajstić information content (AvgIpc) is 2.56. The lowest BCUT2D eigenvalue weighted by Crippen LogP contribution is -2.33. The Morgan fingerprint density at radius 3 is 2.73 bits per heavy atom. The van der Waals surface area contributed by atoms with Gasteiger partial charge in [-0.25, -0.2) is 0 Å². The van der Waals surface area contributed by atoms with E-state index >= 15 is 0 Å². The van der Waals surface area contributed by atoms with Gasteiger partial charge in [0.05, 0.1) is 14.7 Å². The fourth-order valence-electron chi connectivity index (χ4n) is 1.00. The van der Waals surface area contributed by atoms with Crippen LogP contribution in [0.4, 0.5) is 0 Å². The molecule has 0 N–H and O–H groups in total. The first-order chi connectivity index (χ1) is 6.97. The molecule has 0 spiro atoms. The van der Waals surface area contributed by atoms with Gasteiger partial charge in [0, 0.05) is 7.05 Å². The molecule has 1 unspecified atom stereocenters. The van der Waals surface area contributed by atoms with Crippen molar-refractivity contribution in [1.29, 1.82) is 5.26 Å². The number of nitriles is 1. The zero-order valence-corrected chi connectivity index (χ0v) is 11.1. The van der Waals surface area contributed by atoms with Gasteiger partial charge in [-0.2, -0.15) is 5.26 Å². The molecule has 0 aliphatic carbocycles. The number of carbonyl (C=O) groups is 1. The van der Waals surface area contributed by atoms with Gasteiger partial charge in [0.15, 0.2) is 0 Å². The van der Waals surface area contributed by atoms with Crippen LogP contribution in [0.15, 0.2) is 9.85 Å². The van der Waals surface area contributed by atoms with Gasteiger partial charge in [0.1, 0.15) is 6.04 Å². The van der Waals surface area contributed by atoms with Gasteiger partial charge < -0.3 is 4.90 Å². The fourth-order valence-corrected chi connectivity index (χ4v) is 2.52. The van der Waals surface area contributed by atoms with Crippen LogP contribution in [0, 0.1) is 18.3 Å². The minimum absolute atomic E-state index is 0.108. The van der Waals surface area contributed by atoms with Crippen molar-refractivity contribution >= 4 is 33.2 Å². The average molecular weight is 287 g/mol. The van der Waals surface area contributed by atoms with E-state index in [9.17, 15) is 4.79 Å². The summed E-state index contributed by atoms with van der Waals surface area (Å²) in [4.78, 5) is 14.0. The van der Waals surface area contributed by atoms with E-state index in [1.807, 2.05) is 19.1 Å². The summed E-state index contributed by atoms with van der Waals surface area (Å²) in [6.07, 6.45) is 0. The van der Waals surface area contributed by atoms with Crippen LogP contribution in [0.2, 0.25) is 0 Å². The number of carbonyl (C=O) groups excluding carboxylic acids is 1. The molecule has 0 aromatic carbocycles. The Hall–Kier alpha value is -0.860. The van der Waals surface area contributed by atoms with E-state index in [2.05, 4.69) is 15.9 Å². The van der Waals surface area contributed by atoms with Crippen molar-refractivity contribution in [3.63, 3.8) is 0 Å². The van der Waals surface area contributed by atoms with Crippen LogP contribution in [0.5, 0.6) is 0 Å². The van der Waals surface area contributed by atoms with Crippen molar-refractivity contribution in [3.8, 4) is 6.07 Å². The lowest BCUT2D eigenvalue weighted by molar-refractivity contribution is 0.0778. The summed E-state index contributed by atoms with van der Waals surface area (Å²) in [6, 6.07) is 3.46. The summed E-state index contributed by atoms with van der Waals surface area (Å²) in [5.74, 6) is -0.108. The van der Waals surface area contributed by atoms with Gasteiger partial charge in [0.25, 0.3) is 5.91 Å². The highest BCUT2D eigenvalue weighted by molar-refractivity contribution is 9.11. The largest absolute Gasteiger partial charge is 0.325 e. The SMILES string of the molecule is Cc1cc(C(=O)N(C)C(C)C#N)sc1Br. The van der Waals surface area contributed by atoms with Crippen molar-refractivity contribution in [2.75, 3.05) is 7.05 Å². The summed E-state index contributed by atoms with van der Waals surface area (Å²) in [5.41, 5.74) is 1.04. The number of nitrogens with zero attached hydrogens (tertiary/aromatic N) is 2. The van der Waals surface area contributed by atoms with E-state index < -0.39 is 6.04 Å². The van der Waals surface area contributed by atoms with Crippen molar-refractivity contribution in [3.05, 3.63) is 20.3 Å². The minimum Gasteiger partial charge on any atom is -0.325 e. The third-order valence-corrected chi connectivity index (χ3v) is 4.28. The predicted molar refractivity (Wildman–Crippen MR) is 63.9 cm³/mol. The van der Waals surface area contributed by atoms with Crippen LogP contribution in [0.25, 0.3) is 0 Å². The Morgan fingerprint density at radius 1 is 1.73 bits per heavy atom. The van der Waals surface area contributed by atoms with Crippen molar-refractivity contribution in [1.82, 2.24) is 4.90 Å². The molecule has 1 rings (SSSR count). The molecule has 0 fully saturated rings. The van der Waals surface area contributed by atoms with Crippen molar-refractivity contribution in [2.45, 2.75) is 19.9 Å². The second-order valence-electron chi connectivity index (χ2n) is 3.29. The Labute approximate surface area is 101 Å². The van der Waals surface area contributed by atoms with Crippen LogP contribution in [-0.4, -0.2) is 23.9 Å². The Balaban J connectivity index is 2.91. The number of amides is 1. The van der Waals surface area contributed by atoms with Crippen LogP contribution in [0.1, 0.15) is 22.2 Å². The highest BCUT2D eigenvalue weighted by Crippen LogP contribution is 2.28. The number of hydrogen-bond acceptors (Lipinski definition) is 3. The van der Waals surface area contributed by atoms with E-state index in [-0.39, 0.29) is 5.91 Å². The van der Waals surface area contributed by atoms with Crippen molar-refractivity contribution < 1.29 is 4.79 Å². The standard InChI is InChI=1S/C10H11BrN2OS/c1-6-4-8(15-9(6)11)10(14)13(3)7(2)5-12/h4,7H,1-3H3. The van der Waals surface area contributed by atoms with Gasteiger partial charge >= 0.3 is 0 Å². The summed E-state index contributed by atoms with van der Waals surface area (Å²) in [6.45, 7) is 3.64. The minimum atomic E-state index is -0.404. The summed E-state index contributed by atoms with van der Waals surface area (Å²) in [7, 11) is 1.64. The molecule has 0 radical (unpaired) electrons. The first-order valence-electron chi connectivity index (χ1n) is 4.40. The van der Waals surface area contributed by atoms with E-state index in [0.717, 1.165) is 9.35 Å². The molecule has 1 heterocycles. The van der Waals surface area contributed by atoms with Crippen LogP contribution < -0.4 is 0 Å². The molecule has 1 atom stereocenters. The topological polar surface area (TPSA) is 44.1 Å². The van der Waals surface area contributed by atoms with E-state index in [4.69, 9.17) is 5.26 Å². The van der Waals surface area contributed by atoms with Crippen molar-refractivity contribution in [2.24, 2.45) is 0 Å². The number of aryl methyl sites for hydroxylation is 1. The maximum Gasteiger partial charge on any atom is 0.264 e. The van der Waals surface area contributed by atoms with E-state index in [1.54, 1.807) is 14.0 Å². The molecule has 5 heteroatoms. The number of thiophene rings is 1. The van der Waals surface area contributed by atoms with Crippen LogP contribution >= 0.6 is 27.3 Å². The maximum absolute atomic E-state index is 11.9.